The van der Waals surface area contributed by atoms with Crippen molar-refractivity contribution in [2.45, 2.75) is 32.2 Å². The summed E-state index contributed by atoms with van der Waals surface area (Å²) in [5, 5.41) is 3.11. The topological polar surface area (TPSA) is 73.6 Å². The molecule has 5 nitrogen and oxygen atoms in total. The quantitative estimate of drug-likeness (QED) is 0.847. The number of nitrogens with two attached hydrogens (primary N) is 1. The van der Waals surface area contributed by atoms with Crippen LogP contribution in [0.4, 0.5) is 5.69 Å². The Hall–Kier alpha value is -1.46. The summed E-state index contributed by atoms with van der Waals surface area (Å²) in [4.78, 5) is 12.2. The van der Waals surface area contributed by atoms with Gasteiger partial charge in [-0.05, 0) is 12.8 Å². The van der Waals surface area contributed by atoms with Crippen molar-refractivity contribution in [1.82, 2.24) is 0 Å². The van der Waals surface area contributed by atoms with Crippen LogP contribution in [-0.4, -0.2) is 25.7 Å². The van der Waals surface area contributed by atoms with Gasteiger partial charge in [0, 0.05) is 12.1 Å². The van der Waals surface area contributed by atoms with Crippen LogP contribution in [0.25, 0.3) is 0 Å². The second-order valence-electron chi connectivity index (χ2n) is 4.50. The van der Waals surface area contributed by atoms with Crippen molar-refractivity contribution >= 4 is 23.2 Å². The number of hydrogen-bond donors (Lipinski definition) is 2. The minimum absolute atomic E-state index is 0.267. The molecule has 0 atom stereocenters. The summed E-state index contributed by atoms with van der Waals surface area (Å²) >= 11 is 6.13. The third kappa shape index (κ3) is 3.35. The highest BCUT2D eigenvalue weighted by Crippen LogP contribution is 2.36. The highest BCUT2D eigenvalue weighted by atomic mass is 35.5. The molecule has 0 fully saturated rings. The molecule has 20 heavy (non-hydrogen) atoms. The Morgan fingerprint density at radius 1 is 1.25 bits per heavy atom. The van der Waals surface area contributed by atoms with Crippen molar-refractivity contribution in [3.05, 3.63) is 17.2 Å². The average molecular weight is 301 g/mol. The van der Waals surface area contributed by atoms with Crippen LogP contribution in [0.3, 0.4) is 0 Å². The molecule has 0 saturated carbocycles. The Bertz CT molecular complexity index is 488. The van der Waals surface area contributed by atoms with Crippen molar-refractivity contribution in [2.24, 2.45) is 5.73 Å². The molecule has 6 heteroatoms. The zero-order valence-corrected chi connectivity index (χ0v) is 13.0. The Balaban J connectivity index is 3.07. The molecule has 3 N–H and O–H groups in total. The van der Waals surface area contributed by atoms with Crippen LogP contribution in [0.15, 0.2) is 12.1 Å². The number of rotatable bonds is 6. The van der Waals surface area contributed by atoms with Crippen LogP contribution >= 0.6 is 11.6 Å². The number of nitrogens with one attached hydrogen (secondary N) is 1. The van der Waals surface area contributed by atoms with E-state index in [1.54, 1.807) is 12.1 Å². The summed E-state index contributed by atoms with van der Waals surface area (Å²) in [5.41, 5.74) is 5.60. The van der Waals surface area contributed by atoms with Crippen LogP contribution in [0.1, 0.15) is 26.7 Å². The van der Waals surface area contributed by atoms with E-state index >= 15 is 0 Å². The maximum absolute atomic E-state index is 12.2. The van der Waals surface area contributed by atoms with Crippen molar-refractivity contribution < 1.29 is 14.3 Å². The van der Waals surface area contributed by atoms with Gasteiger partial charge in [0.05, 0.1) is 30.5 Å². The van der Waals surface area contributed by atoms with Gasteiger partial charge in [-0.2, -0.15) is 0 Å². The van der Waals surface area contributed by atoms with Gasteiger partial charge in [-0.25, -0.2) is 0 Å². The largest absolute Gasteiger partial charge is 0.493 e. The fraction of sp³-hybridized carbons (Fsp3) is 0.500. The molecule has 0 bridgehead atoms. The van der Waals surface area contributed by atoms with Gasteiger partial charge in [-0.15, -0.1) is 0 Å². The fourth-order valence-corrected chi connectivity index (χ4v) is 1.97. The number of anilines is 1. The molecule has 0 heterocycles. The molecular formula is C14H21ClN2O3. The molecule has 0 aliphatic rings. The van der Waals surface area contributed by atoms with Crippen LogP contribution < -0.4 is 20.5 Å². The third-order valence-electron chi connectivity index (χ3n) is 3.44. The lowest BCUT2D eigenvalue weighted by Gasteiger charge is -2.25. The highest BCUT2D eigenvalue weighted by molar-refractivity contribution is 6.34. The summed E-state index contributed by atoms with van der Waals surface area (Å²) in [6.45, 7) is 3.75. The van der Waals surface area contributed by atoms with Gasteiger partial charge >= 0.3 is 0 Å². The third-order valence-corrected chi connectivity index (χ3v) is 3.75. The lowest BCUT2D eigenvalue weighted by molar-refractivity contribution is -0.121. The molecule has 0 aromatic heterocycles. The van der Waals surface area contributed by atoms with Crippen LogP contribution in [-0.2, 0) is 4.79 Å². The van der Waals surface area contributed by atoms with Crippen molar-refractivity contribution in [3.8, 4) is 11.5 Å². The number of carbonyl (C=O) groups is 1. The molecule has 1 aromatic carbocycles. The molecule has 0 unspecified atom stereocenters. The second-order valence-corrected chi connectivity index (χ2v) is 4.91. The van der Waals surface area contributed by atoms with Gasteiger partial charge in [-0.1, -0.05) is 25.4 Å². The monoisotopic (exact) mass is 300 g/mol. The summed E-state index contributed by atoms with van der Waals surface area (Å²) in [6, 6.07) is 3.21. The minimum Gasteiger partial charge on any atom is -0.493 e. The lowest BCUT2D eigenvalue weighted by atomic mass is 9.93. The van der Waals surface area contributed by atoms with E-state index < -0.39 is 5.54 Å². The normalized spacial score (nSPS) is 11.1. The van der Waals surface area contributed by atoms with Gasteiger partial charge in [0.1, 0.15) is 0 Å². The molecule has 0 spiro atoms. The number of halogens is 1. The molecule has 0 radical (unpaired) electrons. The standard InChI is InChI=1S/C14H21ClN2O3/c1-5-14(16,6-2)13(18)17-10-8-12(20-4)11(19-3)7-9(10)15/h7-8H,5-6,16H2,1-4H3,(H,17,18). The number of amides is 1. The first-order valence-electron chi connectivity index (χ1n) is 6.43. The highest BCUT2D eigenvalue weighted by Gasteiger charge is 2.30. The Kier molecular flexibility index (Phi) is 5.65. The molecule has 1 aromatic rings. The maximum atomic E-state index is 12.2. The van der Waals surface area contributed by atoms with E-state index in [0.29, 0.717) is 35.1 Å². The van der Waals surface area contributed by atoms with Gasteiger partial charge in [0.25, 0.3) is 0 Å². The van der Waals surface area contributed by atoms with Gasteiger partial charge in [0.15, 0.2) is 11.5 Å². The number of benzene rings is 1. The SMILES string of the molecule is CCC(N)(CC)C(=O)Nc1cc(OC)c(OC)cc1Cl. The van der Waals surface area contributed by atoms with Crippen molar-refractivity contribution in [3.63, 3.8) is 0 Å². The Morgan fingerprint density at radius 2 is 1.75 bits per heavy atom. The first kappa shape index (κ1) is 16.6. The summed E-state index contributed by atoms with van der Waals surface area (Å²) < 4.78 is 10.3. The van der Waals surface area contributed by atoms with Gasteiger partial charge < -0.3 is 20.5 Å². The number of hydrogen-bond acceptors (Lipinski definition) is 4. The fourth-order valence-electron chi connectivity index (χ4n) is 1.77. The molecular weight excluding hydrogens is 280 g/mol. The van der Waals surface area contributed by atoms with Gasteiger partial charge in [0.2, 0.25) is 5.91 Å². The predicted octanol–water partition coefficient (Wildman–Crippen LogP) is 2.81. The maximum Gasteiger partial charge on any atom is 0.244 e. The van der Waals surface area contributed by atoms with E-state index in [1.165, 1.54) is 14.2 Å². The van der Waals surface area contributed by atoms with Crippen molar-refractivity contribution in [1.29, 1.82) is 0 Å². The number of carbonyl (C=O) groups excluding carboxylic acids is 1. The summed E-state index contributed by atoms with van der Waals surface area (Å²) in [6.07, 6.45) is 1.08. The van der Waals surface area contributed by atoms with E-state index in [9.17, 15) is 4.79 Å². The smallest absolute Gasteiger partial charge is 0.244 e. The average Bonchev–Trinajstić information content (AvgIpc) is 2.47. The second kappa shape index (κ2) is 6.81. The lowest BCUT2D eigenvalue weighted by Crippen LogP contribution is -2.50. The number of ether oxygens (including phenoxy) is 2. The minimum atomic E-state index is -0.906. The van der Waals surface area contributed by atoms with E-state index in [0.717, 1.165) is 0 Å². The molecule has 0 aliphatic carbocycles. The van der Waals surface area contributed by atoms with E-state index in [-0.39, 0.29) is 5.91 Å². The Morgan fingerprint density at radius 3 is 2.20 bits per heavy atom. The molecule has 112 valence electrons. The Labute approximate surface area is 124 Å². The van der Waals surface area contributed by atoms with E-state index in [1.807, 2.05) is 13.8 Å². The van der Waals surface area contributed by atoms with Gasteiger partial charge in [-0.3, -0.25) is 4.79 Å². The molecule has 0 aliphatic heterocycles. The summed E-state index contributed by atoms with van der Waals surface area (Å²) in [7, 11) is 3.04. The predicted molar refractivity (Wildman–Crippen MR) is 80.7 cm³/mol. The summed E-state index contributed by atoms with van der Waals surface area (Å²) in [5.74, 6) is 0.722. The van der Waals surface area contributed by atoms with Crippen LogP contribution in [0.2, 0.25) is 5.02 Å². The van der Waals surface area contributed by atoms with E-state index in [2.05, 4.69) is 5.32 Å². The molecule has 0 saturated heterocycles. The zero-order chi connectivity index (χ0) is 15.3. The van der Waals surface area contributed by atoms with Crippen LogP contribution in [0.5, 0.6) is 11.5 Å². The van der Waals surface area contributed by atoms with E-state index in [4.69, 9.17) is 26.8 Å². The molecule has 1 amide bonds. The van der Waals surface area contributed by atoms with Crippen molar-refractivity contribution in [2.75, 3.05) is 19.5 Å². The zero-order valence-electron chi connectivity index (χ0n) is 12.2. The number of methoxy groups -OCH3 is 2. The first-order valence-corrected chi connectivity index (χ1v) is 6.81. The first-order chi connectivity index (χ1) is 9.41. The molecule has 1 rings (SSSR count). The van der Waals surface area contributed by atoms with Crippen LogP contribution in [0, 0.1) is 0 Å².